The average molecular weight is 306 g/mol. The molecule has 0 saturated carbocycles. The molecule has 0 amide bonds. The molecule has 126 valence electrons. The molecule has 0 aliphatic heterocycles. The number of ketones is 1. The molecule has 0 N–H and O–H groups in total. The first-order chi connectivity index (χ1) is 10.5. The molecule has 0 heterocycles. The summed E-state index contributed by atoms with van der Waals surface area (Å²) in [5.74, 6) is 0.133. The quantitative estimate of drug-likeness (QED) is 0.250. The zero-order valence-corrected chi connectivity index (χ0v) is 15.0. The van der Waals surface area contributed by atoms with Crippen LogP contribution in [0, 0.1) is 5.92 Å². The van der Waals surface area contributed by atoms with Gasteiger partial charge in [-0.2, -0.15) is 0 Å². The molecule has 0 rings (SSSR count). The van der Waals surface area contributed by atoms with Crippen molar-refractivity contribution in [3.05, 3.63) is 36.0 Å². The fraction of sp³-hybridized carbons (Fsp3) is 0.650. The van der Waals surface area contributed by atoms with Gasteiger partial charge < -0.3 is 4.74 Å². The molecule has 0 aromatic rings. The van der Waals surface area contributed by atoms with E-state index in [4.69, 9.17) is 4.74 Å². The summed E-state index contributed by atoms with van der Waals surface area (Å²) in [6, 6.07) is 0. The summed E-state index contributed by atoms with van der Waals surface area (Å²) in [7, 11) is 0. The van der Waals surface area contributed by atoms with E-state index in [9.17, 15) is 4.79 Å². The van der Waals surface area contributed by atoms with Crippen LogP contribution in [-0.2, 0) is 9.53 Å². The number of carbonyl (C=O) groups excluding carboxylic acids is 1. The first kappa shape index (κ1) is 20.9. The van der Waals surface area contributed by atoms with Crippen LogP contribution in [0.15, 0.2) is 36.0 Å². The van der Waals surface area contributed by atoms with Crippen LogP contribution in [-0.4, -0.2) is 19.0 Å². The Morgan fingerprint density at radius 1 is 1.09 bits per heavy atom. The van der Waals surface area contributed by atoms with E-state index in [1.165, 1.54) is 32.1 Å². The zero-order valence-electron chi connectivity index (χ0n) is 15.0. The van der Waals surface area contributed by atoms with Gasteiger partial charge in [-0.3, -0.25) is 4.79 Å². The Kier molecular flexibility index (Phi) is 12.8. The summed E-state index contributed by atoms with van der Waals surface area (Å²) in [6.07, 6.45) is 13.1. The van der Waals surface area contributed by atoms with Gasteiger partial charge >= 0.3 is 0 Å². The standard InChI is InChI=1S/C20H34O2/c1-6-8-9-10-11-12-15-22-16-18(5)13-14-19(7-2)20(21)17(3)4/h7,13-14,17H,2,6,8-12,15-16H2,1,3-5H3/b18-13+,19-14+. The number of carbonyl (C=O) groups is 1. The Hall–Kier alpha value is -1.15. The first-order valence-electron chi connectivity index (χ1n) is 8.64. The number of hydrogen-bond acceptors (Lipinski definition) is 2. The Bertz CT molecular complexity index is 375. The minimum Gasteiger partial charge on any atom is -0.377 e. The second kappa shape index (κ2) is 13.5. The largest absolute Gasteiger partial charge is 0.377 e. The molecule has 0 atom stereocenters. The minimum absolute atomic E-state index is 0.00177. The van der Waals surface area contributed by atoms with Crippen molar-refractivity contribution < 1.29 is 9.53 Å². The van der Waals surface area contributed by atoms with E-state index in [1.807, 2.05) is 32.9 Å². The summed E-state index contributed by atoms with van der Waals surface area (Å²) in [5, 5.41) is 0. The number of unbranched alkanes of at least 4 members (excludes halogenated alkanes) is 5. The molecular weight excluding hydrogens is 272 g/mol. The number of allylic oxidation sites excluding steroid dienone is 4. The SMILES string of the molecule is C=C/C(=C\C=C(/C)COCCCCCCCC)C(=O)C(C)C. The lowest BCUT2D eigenvalue weighted by molar-refractivity contribution is -0.117. The number of ether oxygens (including phenoxy) is 1. The smallest absolute Gasteiger partial charge is 0.165 e. The van der Waals surface area contributed by atoms with Crippen molar-refractivity contribution >= 4 is 5.78 Å². The van der Waals surface area contributed by atoms with Crippen LogP contribution in [0.25, 0.3) is 0 Å². The Morgan fingerprint density at radius 2 is 1.73 bits per heavy atom. The molecule has 2 nitrogen and oxygen atoms in total. The second-order valence-electron chi connectivity index (χ2n) is 6.18. The van der Waals surface area contributed by atoms with E-state index in [0.29, 0.717) is 12.2 Å². The molecule has 0 aliphatic carbocycles. The van der Waals surface area contributed by atoms with E-state index in [-0.39, 0.29) is 11.7 Å². The van der Waals surface area contributed by atoms with Gasteiger partial charge in [-0.25, -0.2) is 0 Å². The van der Waals surface area contributed by atoms with Gasteiger partial charge in [-0.05, 0) is 18.9 Å². The highest BCUT2D eigenvalue weighted by Crippen LogP contribution is 2.09. The molecule has 0 radical (unpaired) electrons. The molecule has 0 aromatic heterocycles. The van der Waals surface area contributed by atoms with Crippen LogP contribution in [0.1, 0.15) is 66.2 Å². The molecule has 0 aliphatic rings. The van der Waals surface area contributed by atoms with Crippen LogP contribution < -0.4 is 0 Å². The van der Waals surface area contributed by atoms with E-state index in [1.54, 1.807) is 6.08 Å². The van der Waals surface area contributed by atoms with Crippen molar-refractivity contribution in [2.24, 2.45) is 5.92 Å². The Labute approximate surface area is 137 Å². The van der Waals surface area contributed by atoms with E-state index in [2.05, 4.69) is 13.5 Å². The van der Waals surface area contributed by atoms with Crippen molar-refractivity contribution in [1.82, 2.24) is 0 Å². The predicted octanol–water partition coefficient (Wildman–Crippen LogP) is 5.65. The van der Waals surface area contributed by atoms with Gasteiger partial charge in [0.15, 0.2) is 5.78 Å². The van der Waals surface area contributed by atoms with Crippen molar-refractivity contribution in [3.8, 4) is 0 Å². The topological polar surface area (TPSA) is 26.3 Å². The molecule has 0 aromatic carbocycles. The summed E-state index contributed by atoms with van der Waals surface area (Å²) >= 11 is 0. The van der Waals surface area contributed by atoms with Gasteiger partial charge in [0.05, 0.1) is 6.61 Å². The van der Waals surface area contributed by atoms with Crippen LogP contribution >= 0.6 is 0 Å². The lowest BCUT2D eigenvalue weighted by atomic mass is 10.0. The maximum absolute atomic E-state index is 11.9. The Morgan fingerprint density at radius 3 is 2.32 bits per heavy atom. The second-order valence-corrected chi connectivity index (χ2v) is 6.18. The van der Waals surface area contributed by atoms with Gasteiger partial charge in [0, 0.05) is 18.1 Å². The normalized spacial score (nSPS) is 12.8. The fourth-order valence-electron chi connectivity index (χ4n) is 2.08. The third kappa shape index (κ3) is 10.6. The predicted molar refractivity (Wildman–Crippen MR) is 96.1 cm³/mol. The van der Waals surface area contributed by atoms with Gasteiger partial charge in [0.25, 0.3) is 0 Å². The highest BCUT2D eigenvalue weighted by atomic mass is 16.5. The highest BCUT2D eigenvalue weighted by Gasteiger charge is 2.09. The maximum Gasteiger partial charge on any atom is 0.165 e. The summed E-state index contributed by atoms with van der Waals surface area (Å²) < 4.78 is 5.67. The molecule has 2 heteroatoms. The molecule has 0 saturated heterocycles. The molecular formula is C20H34O2. The number of rotatable bonds is 13. The van der Waals surface area contributed by atoms with E-state index in [0.717, 1.165) is 18.6 Å². The third-order valence-electron chi connectivity index (χ3n) is 3.55. The van der Waals surface area contributed by atoms with Gasteiger partial charge in [-0.15, -0.1) is 0 Å². The molecule has 0 bridgehead atoms. The van der Waals surface area contributed by atoms with Crippen molar-refractivity contribution in [3.63, 3.8) is 0 Å². The van der Waals surface area contributed by atoms with Crippen LogP contribution in [0.5, 0.6) is 0 Å². The summed E-state index contributed by atoms with van der Waals surface area (Å²) in [5.41, 5.74) is 1.80. The van der Waals surface area contributed by atoms with Crippen LogP contribution in [0.2, 0.25) is 0 Å². The van der Waals surface area contributed by atoms with Crippen molar-refractivity contribution in [1.29, 1.82) is 0 Å². The van der Waals surface area contributed by atoms with Crippen molar-refractivity contribution in [2.75, 3.05) is 13.2 Å². The highest BCUT2D eigenvalue weighted by molar-refractivity contribution is 5.99. The lowest BCUT2D eigenvalue weighted by Crippen LogP contribution is -2.08. The minimum atomic E-state index is 0.00177. The Balaban J connectivity index is 3.97. The van der Waals surface area contributed by atoms with Gasteiger partial charge in [-0.1, -0.05) is 77.7 Å². The van der Waals surface area contributed by atoms with Gasteiger partial charge in [0.2, 0.25) is 0 Å². The lowest BCUT2D eigenvalue weighted by Gasteiger charge is -2.05. The number of hydrogen-bond donors (Lipinski definition) is 0. The molecule has 0 fully saturated rings. The van der Waals surface area contributed by atoms with Crippen LogP contribution in [0.3, 0.4) is 0 Å². The van der Waals surface area contributed by atoms with Gasteiger partial charge in [0.1, 0.15) is 0 Å². The third-order valence-corrected chi connectivity index (χ3v) is 3.55. The van der Waals surface area contributed by atoms with Crippen molar-refractivity contribution in [2.45, 2.75) is 66.2 Å². The first-order valence-corrected chi connectivity index (χ1v) is 8.64. The molecule has 0 unspecified atom stereocenters. The summed E-state index contributed by atoms with van der Waals surface area (Å²) in [6.45, 7) is 13.2. The maximum atomic E-state index is 11.9. The fourth-order valence-corrected chi connectivity index (χ4v) is 2.08. The average Bonchev–Trinajstić information content (AvgIpc) is 2.50. The number of Topliss-reactive ketones (excluding diaryl/α,β-unsaturated/α-hetero) is 1. The monoisotopic (exact) mass is 306 g/mol. The van der Waals surface area contributed by atoms with E-state index >= 15 is 0 Å². The van der Waals surface area contributed by atoms with Crippen LogP contribution in [0.4, 0.5) is 0 Å². The molecule has 0 spiro atoms. The molecule has 22 heavy (non-hydrogen) atoms. The zero-order chi connectivity index (χ0) is 16.8. The van der Waals surface area contributed by atoms with E-state index < -0.39 is 0 Å². The summed E-state index contributed by atoms with van der Waals surface area (Å²) in [4.78, 5) is 11.9.